The monoisotopic (exact) mass is 559 g/mol. The molecular formula is C31H35F2N7O. The second-order valence-corrected chi connectivity index (χ2v) is 10.9. The highest BCUT2D eigenvalue weighted by Gasteiger charge is 2.30. The molecule has 0 saturated carbocycles. The minimum Gasteiger partial charge on any atom is -0.349 e. The molecule has 1 atom stereocenters. The number of carbonyl (C=O) groups excluding carboxylic acids is 1. The Morgan fingerprint density at radius 1 is 1.00 bits per heavy atom. The summed E-state index contributed by atoms with van der Waals surface area (Å²) in [6.07, 6.45) is 6.06. The van der Waals surface area contributed by atoms with Gasteiger partial charge in [-0.05, 0) is 67.8 Å². The van der Waals surface area contributed by atoms with E-state index in [-0.39, 0.29) is 11.9 Å². The Hall–Kier alpha value is -3.89. The van der Waals surface area contributed by atoms with Gasteiger partial charge in [0.2, 0.25) is 0 Å². The summed E-state index contributed by atoms with van der Waals surface area (Å²) < 4.78 is 30.1. The molecule has 2 aromatic heterocycles. The van der Waals surface area contributed by atoms with E-state index in [1.807, 2.05) is 35.2 Å². The van der Waals surface area contributed by atoms with Gasteiger partial charge in [-0.15, -0.1) is 0 Å². The van der Waals surface area contributed by atoms with Gasteiger partial charge in [0.05, 0.1) is 12.2 Å². The Morgan fingerprint density at radius 2 is 1.78 bits per heavy atom. The molecule has 10 heteroatoms. The van der Waals surface area contributed by atoms with Crippen molar-refractivity contribution in [3.8, 4) is 0 Å². The fraction of sp³-hybridized carbons (Fsp3) is 0.387. The smallest absolute Gasteiger partial charge is 0.255 e. The molecule has 0 aliphatic carbocycles. The first-order chi connectivity index (χ1) is 20.0. The number of nitrogens with one attached hydrogen (secondary N) is 1. The standard InChI is InChI=1S/C31H35F2N7O/c1-2-12-37-15-17-38(18-16-37)21-22-5-7-23(8-6-22)31(41)35-27-20-34-40-14-11-29(36-30(27)40)39-13-3-4-28(39)25-19-24(32)9-10-26(25)33/h5-11,14,19-20,28H,2-4,12-13,15-18,21H2,1H3,(H,35,41)/t28-/m1/s1. The topological polar surface area (TPSA) is 69.0 Å². The van der Waals surface area contributed by atoms with Crippen LogP contribution in [0.1, 0.15) is 53.7 Å². The first-order valence-electron chi connectivity index (χ1n) is 14.4. The van der Waals surface area contributed by atoms with E-state index in [1.54, 1.807) is 16.9 Å². The van der Waals surface area contributed by atoms with Crippen LogP contribution in [0.3, 0.4) is 0 Å². The second-order valence-electron chi connectivity index (χ2n) is 10.9. The van der Waals surface area contributed by atoms with Gasteiger partial charge in [-0.25, -0.2) is 18.3 Å². The van der Waals surface area contributed by atoms with E-state index in [9.17, 15) is 13.6 Å². The molecule has 8 nitrogen and oxygen atoms in total. The number of hydrogen-bond acceptors (Lipinski definition) is 6. The largest absolute Gasteiger partial charge is 0.349 e. The number of anilines is 2. The third kappa shape index (κ3) is 5.94. The van der Waals surface area contributed by atoms with E-state index in [0.717, 1.165) is 51.8 Å². The molecule has 0 radical (unpaired) electrons. The van der Waals surface area contributed by atoms with Crippen molar-refractivity contribution < 1.29 is 13.6 Å². The minimum atomic E-state index is -0.462. The Kier molecular flexibility index (Phi) is 7.93. The number of piperazine rings is 1. The van der Waals surface area contributed by atoms with Crippen molar-refractivity contribution in [3.63, 3.8) is 0 Å². The van der Waals surface area contributed by atoms with E-state index >= 15 is 0 Å². The fourth-order valence-electron chi connectivity index (χ4n) is 5.94. The number of halogens is 2. The lowest BCUT2D eigenvalue weighted by molar-refractivity contribution is 0.102. The molecule has 4 aromatic rings. The lowest BCUT2D eigenvalue weighted by Gasteiger charge is -2.34. The average molecular weight is 560 g/mol. The highest BCUT2D eigenvalue weighted by Crippen LogP contribution is 2.37. The molecule has 1 N–H and O–H groups in total. The number of fused-ring (bicyclic) bond motifs is 1. The zero-order valence-corrected chi connectivity index (χ0v) is 23.3. The first-order valence-corrected chi connectivity index (χ1v) is 14.4. The van der Waals surface area contributed by atoms with E-state index in [0.29, 0.717) is 41.2 Å². The lowest BCUT2D eigenvalue weighted by Crippen LogP contribution is -2.45. The van der Waals surface area contributed by atoms with Crippen molar-refractivity contribution in [1.82, 2.24) is 24.4 Å². The van der Waals surface area contributed by atoms with Gasteiger partial charge < -0.3 is 15.1 Å². The fourth-order valence-corrected chi connectivity index (χ4v) is 5.94. The predicted molar refractivity (Wildman–Crippen MR) is 155 cm³/mol. The Morgan fingerprint density at radius 3 is 2.56 bits per heavy atom. The number of hydrogen-bond donors (Lipinski definition) is 1. The molecule has 0 unspecified atom stereocenters. The summed E-state index contributed by atoms with van der Waals surface area (Å²) in [7, 11) is 0. The molecule has 0 bridgehead atoms. The Bertz CT molecular complexity index is 1510. The molecule has 0 spiro atoms. The van der Waals surface area contributed by atoms with Crippen LogP contribution in [0.4, 0.5) is 20.3 Å². The maximum atomic E-state index is 14.6. The van der Waals surface area contributed by atoms with Crippen LogP contribution in [0.25, 0.3) is 5.65 Å². The third-order valence-corrected chi connectivity index (χ3v) is 8.09. The first kappa shape index (κ1) is 27.3. The van der Waals surface area contributed by atoms with Crippen molar-refractivity contribution >= 4 is 23.1 Å². The number of amides is 1. The number of aromatic nitrogens is 3. The van der Waals surface area contributed by atoms with E-state index < -0.39 is 11.6 Å². The predicted octanol–water partition coefficient (Wildman–Crippen LogP) is 5.13. The van der Waals surface area contributed by atoms with Crippen molar-refractivity contribution in [2.45, 2.75) is 38.8 Å². The van der Waals surface area contributed by atoms with Crippen molar-refractivity contribution in [2.75, 3.05) is 49.5 Å². The van der Waals surface area contributed by atoms with Gasteiger partial charge in [-0.3, -0.25) is 9.69 Å². The highest BCUT2D eigenvalue weighted by atomic mass is 19.1. The van der Waals surface area contributed by atoms with E-state index in [1.165, 1.54) is 24.1 Å². The SMILES string of the molecule is CCCN1CCN(Cc2ccc(C(=O)Nc3cnn4ccc(N5CCC[C@@H]5c5cc(F)ccc5F)nc34)cc2)CC1. The van der Waals surface area contributed by atoms with Gasteiger partial charge in [0.15, 0.2) is 5.65 Å². The number of carbonyl (C=O) groups is 1. The number of rotatable bonds is 8. The zero-order chi connectivity index (χ0) is 28.3. The van der Waals surface area contributed by atoms with Crippen LogP contribution in [0.15, 0.2) is 60.9 Å². The summed E-state index contributed by atoms with van der Waals surface area (Å²) >= 11 is 0. The van der Waals surface area contributed by atoms with Gasteiger partial charge in [0.1, 0.15) is 23.1 Å². The molecule has 1 amide bonds. The molecule has 2 aliphatic rings. The molecule has 4 heterocycles. The molecule has 6 rings (SSSR count). The maximum Gasteiger partial charge on any atom is 0.255 e. The van der Waals surface area contributed by atoms with Crippen LogP contribution < -0.4 is 10.2 Å². The third-order valence-electron chi connectivity index (χ3n) is 8.09. The molecule has 41 heavy (non-hydrogen) atoms. The number of nitrogens with zero attached hydrogens (tertiary/aromatic N) is 6. The number of benzene rings is 2. The molecule has 2 fully saturated rings. The maximum absolute atomic E-state index is 14.6. The molecule has 2 saturated heterocycles. The van der Waals surface area contributed by atoms with Crippen LogP contribution in [0, 0.1) is 11.6 Å². The summed E-state index contributed by atoms with van der Waals surface area (Å²) in [6, 6.07) is 12.8. The van der Waals surface area contributed by atoms with Gasteiger partial charge in [-0.2, -0.15) is 5.10 Å². The Balaban J connectivity index is 1.14. The minimum absolute atomic E-state index is 0.243. The lowest BCUT2D eigenvalue weighted by atomic mass is 10.0. The summed E-state index contributed by atoms with van der Waals surface area (Å²) in [6.45, 7) is 9.24. The van der Waals surface area contributed by atoms with E-state index in [4.69, 9.17) is 4.98 Å². The second kappa shape index (κ2) is 11.9. The van der Waals surface area contributed by atoms with Gasteiger partial charge >= 0.3 is 0 Å². The van der Waals surface area contributed by atoms with Crippen LogP contribution in [0.2, 0.25) is 0 Å². The summed E-state index contributed by atoms with van der Waals surface area (Å²) in [4.78, 5) is 24.8. The van der Waals surface area contributed by atoms with Crippen molar-refractivity contribution in [3.05, 3.63) is 89.2 Å². The van der Waals surface area contributed by atoms with Crippen LogP contribution in [0.5, 0.6) is 0 Å². The van der Waals surface area contributed by atoms with Crippen molar-refractivity contribution in [2.24, 2.45) is 0 Å². The average Bonchev–Trinajstić information content (AvgIpc) is 3.63. The normalized spacial score (nSPS) is 18.3. The van der Waals surface area contributed by atoms with Crippen LogP contribution in [-0.2, 0) is 6.54 Å². The molecule has 214 valence electrons. The van der Waals surface area contributed by atoms with Gasteiger partial charge in [-0.1, -0.05) is 19.1 Å². The van der Waals surface area contributed by atoms with Crippen LogP contribution in [-0.4, -0.2) is 69.6 Å². The quantitative estimate of drug-likeness (QED) is 0.323. The molecule has 2 aliphatic heterocycles. The summed E-state index contributed by atoms with van der Waals surface area (Å²) in [5, 5.41) is 7.28. The van der Waals surface area contributed by atoms with Crippen molar-refractivity contribution in [1.29, 1.82) is 0 Å². The zero-order valence-electron chi connectivity index (χ0n) is 23.3. The Labute approximate surface area is 238 Å². The molecular weight excluding hydrogens is 524 g/mol. The van der Waals surface area contributed by atoms with Crippen LogP contribution >= 0.6 is 0 Å². The van der Waals surface area contributed by atoms with E-state index in [2.05, 4.69) is 27.1 Å². The highest BCUT2D eigenvalue weighted by molar-refractivity contribution is 6.06. The summed E-state index contributed by atoms with van der Waals surface area (Å²) in [5.74, 6) is -0.509. The van der Waals surface area contributed by atoms with Gasteiger partial charge in [0.25, 0.3) is 5.91 Å². The molecule has 2 aromatic carbocycles. The van der Waals surface area contributed by atoms with Gasteiger partial charge in [0, 0.05) is 56.6 Å². The summed E-state index contributed by atoms with van der Waals surface area (Å²) in [5.41, 5.74) is 3.04.